The Balaban J connectivity index is 1.81. The number of amides is 2. The molecule has 7 nitrogen and oxygen atoms in total. The molecule has 0 saturated carbocycles. The highest BCUT2D eigenvalue weighted by Crippen LogP contribution is 2.28. The molecule has 0 aliphatic rings. The fraction of sp³-hybridized carbons (Fsp3) is 0.257. The number of benzene rings is 4. The Morgan fingerprint density at radius 3 is 2.09 bits per heavy atom. The topological polar surface area (TPSA) is 86.8 Å². The van der Waals surface area contributed by atoms with Gasteiger partial charge in [-0.1, -0.05) is 85.3 Å². The van der Waals surface area contributed by atoms with Gasteiger partial charge in [-0.05, 0) is 67.3 Å². The number of nitrogens with zero attached hydrogens (tertiary/aromatic N) is 2. The summed E-state index contributed by atoms with van der Waals surface area (Å²) in [6.07, 6.45) is 0.907. The molecular formula is C35H38FN3O4S. The highest BCUT2D eigenvalue weighted by molar-refractivity contribution is 7.92. The second-order valence-electron chi connectivity index (χ2n) is 10.8. The van der Waals surface area contributed by atoms with Gasteiger partial charge in [0.2, 0.25) is 11.8 Å². The van der Waals surface area contributed by atoms with Crippen molar-refractivity contribution in [2.75, 3.05) is 17.4 Å². The largest absolute Gasteiger partial charge is 0.354 e. The van der Waals surface area contributed by atoms with Crippen molar-refractivity contribution in [3.63, 3.8) is 0 Å². The smallest absolute Gasteiger partial charge is 0.264 e. The minimum atomic E-state index is -4.18. The first-order valence-electron chi connectivity index (χ1n) is 14.6. The van der Waals surface area contributed by atoms with E-state index < -0.39 is 34.3 Å². The number of sulfonamides is 1. The van der Waals surface area contributed by atoms with Gasteiger partial charge in [0, 0.05) is 19.5 Å². The lowest BCUT2D eigenvalue weighted by Crippen LogP contribution is -2.53. The van der Waals surface area contributed by atoms with E-state index in [1.165, 1.54) is 29.2 Å². The Morgan fingerprint density at radius 1 is 0.841 bits per heavy atom. The van der Waals surface area contributed by atoms with Gasteiger partial charge in [0.05, 0.1) is 10.6 Å². The van der Waals surface area contributed by atoms with Gasteiger partial charge in [-0.25, -0.2) is 12.8 Å². The molecule has 0 heterocycles. The third-order valence-corrected chi connectivity index (χ3v) is 9.09. The standard InChI is InChI=1S/C35H38FN3O4S/c1-4-21-37-35(41)33(23-28-11-7-5-8-12-28)38(24-29-16-18-30(36)19-17-29)34(40)25-39(32-20-15-26(2)22-27(32)3)44(42,43)31-13-9-6-10-14-31/h5-20,22,33H,4,21,23-25H2,1-3H3,(H,37,41). The molecule has 0 fully saturated rings. The van der Waals surface area contributed by atoms with Crippen LogP contribution in [0.1, 0.15) is 35.6 Å². The van der Waals surface area contributed by atoms with Crippen LogP contribution in [0.25, 0.3) is 0 Å². The fourth-order valence-corrected chi connectivity index (χ4v) is 6.52. The summed E-state index contributed by atoms with van der Waals surface area (Å²) in [5.41, 5.74) is 3.44. The third-order valence-electron chi connectivity index (χ3n) is 7.32. The van der Waals surface area contributed by atoms with Crippen LogP contribution in [0.4, 0.5) is 10.1 Å². The van der Waals surface area contributed by atoms with Crippen molar-refractivity contribution in [2.45, 2.75) is 51.1 Å². The van der Waals surface area contributed by atoms with Crippen molar-refractivity contribution >= 4 is 27.5 Å². The highest BCUT2D eigenvalue weighted by atomic mass is 32.2. The number of aryl methyl sites for hydroxylation is 2. The monoisotopic (exact) mass is 615 g/mol. The summed E-state index contributed by atoms with van der Waals surface area (Å²) in [6.45, 7) is 5.49. The van der Waals surface area contributed by atoms with E-state index in [2.05, 4.69) is 5.32 Å². The molecule has 0 aliphatic carbocycles. The lowest BCUT2D eigenvalue weighted by molar-refractivity contribution is -0.140. The Bertz CT molecular complexity index is 1660. The average Bonchev–Trinajstić information content (AvgIpc) is 3.02. The van der Waals surface area contributed by atoms with E-state index in [-0.39, 0.29) is 23.8 Å². The van der Waals surface area contributed by atoms with Crippen molar-refractivity contribution in [3.05, 3.63) is 131 Å². The summed E-state index contributed by atoms with van der Waals surface area (Å²) < 4.78 is 43.1. The van der Waals surface area contributed by atoms with Crippen molar-refractivity contribution < 1.29 is 22.4 Å². The molecular weight excluding hydrogens is 577 g/mol. The zero-order valence-electron chi connectivity index (χ0n) is 25.2. The maximum atomic E-state index is 14.4. The maximum absolute atomic E-state index is 14.4. The summed E-state index contributed by atoms with van der Waals surface area (Å²) in [6, 6.07) is 27.4. The Kier molecular flexibility index (Phi) is 10.9. The van der Waals surface area contributed by atoms with Crippen LogP contribution in [-0.4, -0.2) is 44.3 Å². The van der Waals surface area contributed by atoms with Crippen molar-refractivity contribution in [2.24, 2.45) is 0 Å². The Hall–Kier alpha value is -4.50. The molecule has 44 heavy (non-hydrogen) atoms. The number of hydrogen-bond donors (Lipinski definition) is 1. The third kappa shape index (κ3) is 8.11. The molecule has 0 radical (unpaired) electrons. The zero-order chi connectivity index (χ0) is 31.7. The number of carbonyl (C=O) groups excluding carboxylic acids is 2. The van der Waals surface area contributed by atoms with Crippen LogP contribution >= 0.6 is 0 Å². The van der Waals surface area contributed by atoms with Crippen LogP contribution in [0, 0.1) is 19.7 Å². The molecule has 4 aromatic carbocycles. The molecule has 0 aliphatic heterocycles. The number of hydrogen-bond acceptors (Lipinski definition) is 4. The Morgan fingerprint density at radius 2 is 1.48 bits per heavy atom. The summed E-state index contributed by atoms with van der Waals surface area (Å²) in [7, 11) is -4.18. The van der Waals surface area contributed by atoms with Crippen LogP contribution in [0.15, 0.2) is 108 Å². The van der Waals surface area contributed by atoms with Gasteiger partial charge in [-0.2, -0.15) is 0 Å². The lowest BCUT2D eigenvalue weighted by Gasteiger charge is -2.34. The number of nitrogens with one attached hydrogen (secondary N) is 1. The van der Waals surface area contributed by atoms with Crippen molar-refractivity contribution in [1.29, 1.82) is 0 Å². The van der Waals surface area contributed by atoms with Crippen LogP contribution in [-0.2, 0) is 32.6 Å². The molecule has 1 unspecified atom stereocenters. The first-order valence-corrected chi connectivity index (χ1v) is 16.0. The minimum Gasteiger partial charge on any atom is -0.354 e. The summed E-state index contributed by atoms with van der Waals surface area (Å²) in [4.78, 5) is 29.5. The zero-order valence-corrected chi connectivity index (χ0v) is 26.1. The molecule has 0 aromatic heterocycles. The van der Waals surface area contributed by atoms with Gasteiger partial charge >= 0.3 is 0 Å². The van der Waals surface area contributed by atoms with E-state index in [4.69, 9.17) is 0 Å². The van der Waals surface area contributed by atoms with Gasteiger partial charge in [0.25, 0.3) is 10.0 Å². The van der Waals surface area contributed by atoms with E-state index in [1.54, 1.807) is 49.4 Å². The summed E-state index contributed by atoms with van der Waals surface area (Å²) >= 11 is 0. The first kappa shape index (κ1) is 32.4. The molecule has 0 bridgehead atoms. The van der Waals surface area contributed by atoms with Gasteiger partial charge in [-0.15, -0.1) is 0 Å². The molecule has 4 rings (SSSR count). The number of halogens is 1. The van der Waals surface area contributed by atoms with Crippen LogP contribution in [0.5, 0.6) is 0 Å². The Labute approximate surface area is 259 Å². The van der Waals surface area contributed by atoms with E-state index >= 15 is 0 Å². The van der Waals surface area contributed by atoms with E-state index in [9.17, 15) is 22.4 Å². The number of carbonyl (C=O) groups is 2. The first-order chi connectivity index (χ1) is 21.1. The fourth-order valence-electron chi connectivity index (χ4n) is 5.02. The summed E-state index contributed by atoms with van der Waals surface area (Å²) in [5.74, 6) is -1.35. The molecule has 1 atom stereocenters. The molecule has 0 spiro atoms. The molecule has 0 saturated heterocycles. The van der Waals surface area contributed by atoms with Gasteiger partial charge in [-0.3, -0.25) is 13.9 Å². The molecule has 230 valence electrons. The molecule has 9 heteroatoms. The lowest BCUT2D eigenvalue weighted by atomic mass is 10.0. The second-order valence-corrected chi connectivity index (χ2v) is 12.6. The molecule has 2 amide bonds. The van der Waals surface area contributed by atoms with Crippen LogP contribution in [0.3, 0.4) is 0 Å². The number of rotatable bonds is 13. The van der Waals surface area contributed by atoms with Crippen LogP contribution < -0.4 is 9.62 Å². The van der Waals surface area contributed by atoms with Gasteiger partial charge in [0.1, 0.15) is 18.4 Å². The van der Waals surface area contributed by atoms with Gasteiger partial charge in [0.15, 0.2) is 0 Å². The quantitative estimate of drug-likeness (QED) is 0.206. The van der Waals surface area contributed by atoms with Crippen LogP contribution in [0.2, 0.25) is 0 Å². The minimum absolute atomic E-state index is 0.0255. The normalized spacial score (nSPS) is 11.9. The van der Waals surface area contributed by atoms with E-state index in [0.717, 1.165) is 15.4 Å². The highest BCUT2D eigenvalue weighted by Gasteiger charge is 2.35. The van der Waals surface area contributed by atoms with E-state index in [0.29, 0.717) is 29.8 Å². The van der Waals surface area contributed by atoms with Crippen molar-refractivity contribution in [1.82, 2.24) is 10.2 Å². The predicted molar refractivity (Wildman–Crippen MR) is 171 cm³/mol. The summed E-state index contributed by atoms with van der Waals surface area (Å²) in [5, 5.41) is 2.91. The average molecular weight is 616 g/mol. The van der Waals surface area contributed by atoms with Gasteiger partial charge < -0.3 is 10.2 Å². The second kappa shape index (κ2) is 14.8. The van der Waals surface area contributed by atoms with E-state index in [1.807, 2.05) is 50.2 Å². The molecule has 4 aromatic rings. The number of anilines is 1. The predicted octanol–water partition coefficient (Wildman–Crippen LogP) is 5.80. The maximum Gasteiger partial charge on any atom is 0.264 e. The SMILES string of the molecule is CCCNC(=O)C(Cc1ccccc1)N(Cc1ccc(F)cc1)C(=O)CN(c1ccc(C)cc1C)S(=O)(=O)c1ccccc1. The molecule has 1 N–H and O–H groups in total. The van der Waals surface area contributed by atoms with Crippen molar-refractivity contribution in [3.8, 4) is 0 Å².